The largest absolute Gasteiger partial charge is 0.487 e. The van der Waals surface area contributed by atoms with Gasteiger partial charge in [-0.25, -0.2) is 0 Å². The van der Waals surface area contributed by atoms with Crippen LogP contribution in [0.5, 0.6) is 5.75 Å². The van der Waals surface area contributed by atoms with Crippen LogP contribution >= 0.6 is 0 Å². The summed E-state index contributed by atoms with van der Waals surface area (Å²) in [6, 6.07) is 8.60. The number of ether oxygens (including phenoxy) is 1. The smallest absolute Gasteiger partial charge is 0.120 e. The number of hydrogen-bond acceptors (Lipinski definition) is 2. The van der Waals surface area contributed by atoms with Crippen molar-refractivity contribution in [2.45, 2.75) is 58.0 Å². The van der Waals surface area contributed by atoms with Gasteiger partial charge in [0.05, 0.1) is 0 Å². The molecule has 0 heterocycles. The Labute approximate surface area is 117 Å². The highest BCUT2D eigenvalue weighted by Gasteiger charge is 2.38. The molecule has 0 unspecified atom stereocenters. The summed E-state index contributed by atoms with van der Waals surface area (Å²) in [5.41, 5.74) is 1.45. The third-order valence-corrected chi connectivity index (χ3v) is 4.13. The van der Waals surface area contributed by atoms with E-state index in [1.54, 1.807) is 0 Å². The molecule has 1 aliphatic rings. The fourth-order valence-corrected chi connectivity index (χ4v) is 2.65. The van der Waals surface area contributed by atoms with Crippen LogP contribution in [0.3, 0.4) is 0 Å². The molecule has 0 aromatic heterocycles. The van der Waals surface area contributed by atoms with Gasteiger partial charge in [0.25, 0.3) is 0 Å². The van der Waals surface area contributed by atoms with Crippen molar-refractivity contribution in [1.29, 1.82) is 0 Å². The first kappa shape index (κ1) is 14.4. The highest BCUT2D eigenvalue weighted by atomic mass is 16.5. The van der Waals surface area contributed by atoms with E-state index in [1.807, 2.05) is 0 Å². The van der Waals surface area contributed by atoms with Crippen LogP contribution in [-0.2, 0) is 0 Å². The molecular formula is C17H27NO. The molecule has 1 saturated carbocycles. The Bertz CT molecular complexity index is 396. The molecule has 106 valence electrons. The lowest BCUT2D eigenvalue weighted by Gasteiger charge is -2.42. The van der Waals surface area contributed by atoms with Gasteiger partial charge in [0, 0.05) is 0 Å². The Hall–Kier alpha value is -1.02. The summed E-state index contributed by atoms with van der Waals surface area (Å²) < 4.78 is 6.34. The lowest BCUT2D eigenvalue weighted by Crippen LogP contribution is -2.45. The SMILES string of the molecule is CCNCCC1(Oc2cccc(C(C)C)c2)CCC1. The maximum absolute atomic E-state index is 6.34. The van der Waals surface area contributed by atoms with E-state index in [2.05, 4.69) is 50.4 Å². The number of rotatable bonds is 7. The van der Waals surface area contributed by atoms with Gasteiger partial charge in [0.1, 0.15) is 11.4 Å². The summed E-state index contributed by atoms with van der Waals surface area (Å²) in [5, 5.41) is 3.41. The van der Waals surface area contributed by atoms with Crippen LogP contribution in [0.4, 0.5) is 0 Å². The molecule has 0 atom stereocenters. The van der Waals surface area contributed by atoms with Gasteiger partial charge in [0.15, 0.2) is 0 Å². The molecule has 19 heavy (non-hydrogen) atoms. The molecule has 1 aromatic carbocycles. The average Bonchev–Trinajstić information content (AvgIpc) is 2.36. The van der Waals surface area contributed by atoms with E-state index in [-0.39, 0.29) is 5.60 Å². The van der Waals surface area contributed by atoms with Crippen molar-refractivity contribution < 1.29 is 4.74 Å². The molecule has 1 fully saturated rings. The van der Waals surface area contributed by atoms with E-state index in [4.69, 9.17) is 4.74 Å². The van der Waals surface area contributed by atoms with Gasteiger partial charge in [-0.1, -0.05) is 32.9 Å². The zero-order chi connectivity index (χ0) is 13.7. The minimum absolute atomic E-state index is 0.0950. The van der Waals surface area contributed by atoms with E-state index in [0.717, 1.165) is 25.3 Å². The van der Waals surface area contributed by atoms with Crippen LogP contribution in [0.2, 0.25) is 0 Å². The van der Waals surface area contributed by atoms with Gasteiger partial charge >= 0.3 is 0 Å². The van der Waals surface area contributed by atoms with Crippen molar-refractivity contribution in [3.63, 3.8) is 0 Å². The summed E-state index contributed by atoms with van der Waals surface area (Å²) in [4.78, 5) is 0. The van der Waals surface area contributed by atoms with Crippen LogP contribution in [-0.4, -0.2) is 18.7 Å². The second-order valence-corrected chi connectivity index (χ2v) is 5.97. The van der Waals surface area contributed by atoms with E-state index in [0.29, 0.717) is 5.92 Å². The Morgan fingerprint density at radius 1 is 1.32 bits per heavy atom. The predicted molar refractivity (Wildman–Crippen MR) is 80.9 cm³/mol. The zero-order valence-corrected chi connectivity index (χ0v) is 12.5. The van der Waals surface area contributed by atoms with Crippen molar-refractivity contribution >= 4 is 0 Å². The summed E-state index contributed by atoms with van der Waals surface area (Å²) >= 11 is 0. The summed E-state index contributed by atoms with van der Waals surface area (Å²) in [7, 11) is 0. The fourth-order valence-electron chi connectivity index (χ4n) is 2.65. The van der Waals surface area contributed by atoms with Crippen LogP contribution in [0.1, 0.15) is 57.9 Å². The van der Waals surface area contributed by atoms with Crippen molar-refractivity contribution in [1.82, 2.24) is 5.32 Å². The maximum atomic E-state index is 6.34. The van der Waals surface area contributed by atoms with Crippen molar-refractivity contribution in [3.05, 3.63) is 29.8 Å². The topological polar surface area (TPSA) is 21.3 Å². The van der Waals surface area contributed by atoms with Gasteiger partial charge in [-0.2, -0.15) is 0 Å². The minimum atomic E-state index is 0.0950. The minimum Gasteiger partial charge on any atom is -0.487 e. The number of benzene rings is 1. The second-order valence-electron chi connectivity index (χ2n) is 5.97. The average molecular weight is 261 g/mol. The molecule has 1 aromatic rings. The normalized spacial score (nSPS) is 17.3. The standard InChI is InChI=1S/C17H27NO/c1-4-18-12-11-17(9-6-10-17)19-16-8-5-7-15(13-16)14(2)3/h5,7-8,13-14,18H,4,6,9-12H2,1-3H3. The van der Waals surface area contributed by atoms with E-state index in [1.165, 1.54) is 24.8 Å². The van der Waals surface area contributed by atoms with Gasteiger partial charge in [0.2, 0.25) is 0 Å². The molecule has 2 nitrogen and oxygen atoms in total. The highest BCUT2D eigenvalue weighted by Crippen LogP contribution is 2.39. The van der Waals surface area contributed by atoms with Crippen LogP contribution in [0, 0.1) is 0 Å². The van der Waals surface area contributed by atoms with Crippen molar-refractivity contribution in [2.24, 2.45) is 0 Å². The molecule has 0 saturated heterocycles. The van der Waals surface area contributed by atoms with Crippen molar-refractivity contribution in [2.75, 3.05) is 13.1 Å². The van der Waals surface area contributed by atoms with Crippen LogP contribution in [0.15, 0.2) is 24.3 Å². The van der Waals surface area contributed by atoms with E-state index >= 15 is 0 Å². The summed E-state index contributed by atoms with van der Waals surface area (Å²) in [5.74, 6) is 1.60. The first-order chi connectivity index (χ1) is 9.15. The Kier molecular flexibility index (Phi) is 4.87. The molecule has 0 spiro atoms. The number of hydrogen-bond donors (Lipinski definition) is 1. The molecule has 0 radical (unpaired) electrons. The van der Waals surface area contributed by atoms with Crippen LogP contribution < -0.4 is 10.1 Å². The molecule has 0 amide bonds. The first-order valence-corrected chi connectivity index (χ1v) is 7.65. The molecule has 0 bridgehead atoms. The molecule has 0 aliphatic heterocycles. The predicted octanol–water partition coefficient (Wildman–Crippen LogP) is 4.11. The van der Waals surface area contributed by atoms with Gasteiger partial charge in [-0.15, -0.1) is 0 Å². The lowest BCUT2D eigenvalue weighted by molar-refractivity contribution is -0.0141. The first-order valence-electron chi connectivity index (χ1n) is 7.65. The van der Waals surface area contributed by atoms with E-state index in [9.17, 15) is 0 Å². The highest BCUT2D eigenvalue weighted by molar-refractivity contribution is 5.31. The van der Waals surface area contributed by atoms with Gasteiger partial charge < -0.3 is 10.1 Å². The molecule has 1 N–H and O–H groups in total. The zero-order valence-electron chi connectivity index (χ0n) is 12.5. The molecule has 2 rings (SSSR count). The maximum Gasteiger partial charge on any atom is 0.120 e. The third-order valence-electron chi connectivity index (χ3n) is 4.13. The molecular weight excluding hydrogens is 234 g/mol. The van der Waals surface area contributed by atoms with E-state index < -0.39 is 0 Å². The van der Waals surface area contributed by atoms with Crippen molar-refractivity contribution in [3.8, 4) is 5.75 Å². The second kappa shape index (κ2) is 6.42. The Balaban J connectivity index is 1.99. The molecule has 2 heteroatoms. The summed E-state index contributed by atoms with van der Waals surface area (Å²) in [6.45, 7) is 8.70. The van der Waals surface area contributed by atoms with Crippen LogP contribution in [0.25, 0.3) is 0 Å². The third kappa shape index (κ3) is 3.73. The monoisotopic (exact) mass is 261 g/mol. The number of nitrogens with one attached hydrogen (secondary N) is 1. The fraction of sp³-hybridized carbons (Fsp3) is 0.647. The lowest BCUT2D eigenvalue weighted by atomic mass is 9.77. The molecule has 1 aliphatic carbocycles. The quantitative estimate of drug-likeness (QED) is 0.746. The van der Waals surface area contributed by atoms with Gasteiger partial charge in [-0.3, -0.25) is 0 Å². The Morgan fingerprint density at radius 2 is 2.11 bits per heavy atom. The van der Waals surface area contributed by atoms with Gasteiger partial charge in [-0.05, 0) is 62.4 Å². The Morgan fingerprint density at radius 3 is 2.68 bits per heavy atom. The summed E-state index contributed by atoms with van der Waals surface area (Å²) in [6.07, 6.45) is 4.82.